The first kappa shape index (κ1) is 14.0. The first-order valence-corrected chi connectivity index (χ1v) is 6.98. The molecule has 1 aromatic heterocycles. The van der Waals surface area contributed by atoms with Crippen LogP contribution in [0.5, 0.6) is 0 Å². The van der Waals surface area contributed by atoms with Crippen LogP contribution in [0.15, 0.2) is 0 Å². The number of nitrogens with zero attached hydrogens (tertiary/aromatic N) is 4. The summed E-state index contributed by atoms with van der Waals surface area (Å²) in [6.45, 7) is 3.66. The number of carbonyl (C=O) groups is 1. The molecule has 0 saturated carbocycles. The summed E-state index contributed by atoms with van der Waals surface area (Å²) in [6, 6.07) is 0.576. The van der Waals surface area contributed by atoms with E-state index in [-0.39, 0.29) is 5.91 Å². The Balaban J connectivity index is 1.93. The SMILES string of the molecule is CCCc1nc(C(=O)N2CCC(N(C)C)CC2)n[nH]1. The summed E-state index contributed by atoms with van der Waals surface area (Å²) in [6.07, 6.45) is 3.87. The lowest BCUT2D eigenvalue weighted by Crippen LogP contribution is -2.44. The van der Waals surface area contributed by atoms with E-state index >= 15 is 0 Å². The summed E-state index contributed by atoms with van der Waals surface area (Å²) in [7, 11) is 4.18. The minimum atomic E-state index is -0.0455. The van der Waals surface area contributed by atoms with Gasteiger partial charge in [-0.25, -0.2) is 4.98 Å². The highest BCUT2D eigenvalue weighted by Crippen LogP contribution is 2.15. The van der Waals surface area contributed by atoms with E-state index < -0.39 is 0 Å². The van der Waals surface area contributed by atoms with Gasteiger partial charge in [0.2, 0.25) is 5.82 Å². The standard InChI is InChI=1S/C13H23N5O/c1-4-5-11-14-12(16-15-11)13(19)18-8-6-10(7-9-18)17(2)3/h10H,4-9H2,1-3H3,(H,14,15,16). The molecule has 6 nitrogen and oxygen atoms in total. The van der Waals surface area contributed by atoms with Crippen LogP contribution in [0.25, 0.3) is 0 Å². The van der Waals surface area contributed by atoms with E-state index in [1.807, 2.05) is 4.90 Å². The van der Waals surface area contributed by atoms with E-state index in [9.17, 15) is 4.79 Å². The van der Waals surface area contributed by atoms with E-state index in [1.165, 1.54) is 0 Å². The van der Waals surface area contributed by atoms with Gasteiger partial charge in [-0.2, -0.15) is 0 Å². The third-order valence-corrected chi connectivity index (χ3v) is 3.69. The fourth-order valence-electron chi connectivity index (χ4n) is 2.47. The number of aromatic amines is 1. The number of aromatic nitrogens is 3. The minimum Gasteiger partial charge on any atom is -0.336 e. The summed E-state index contributed by atoms with van der Waals surface area (Å²) in [4.78, 5) is 20.6. The van der Waals surface area contributed by atoms with Crippen molar-refractivity contribution in [3.05, 3.63) is 11.6 Å². The lowest BCUT2D eigenvalue weighted by Gasteiger charge is -2.34. The van der Waals surface area contributed by atoms with E-state index in [0.29, 0.717) is 11.9 Å². The van der Waals surface area contributed by atoms with Crippen LogP contribution < -0.4 is 0 Å². The van der Waals surface area contributed by atoms with Gasteiger partial charge >= 0.3 is 0 Å². The molecule has 19 heavy (non-hydrogen) atoms. The molecule has 2 rings (SSSR count). The van der Waals surface area contributed by atoms with Gasteiger partial charge in [0.15, 0.2) is 0 Å². The third kappa shape index (κ3) is 3.32. The molecule has 1 aromatic rings. The van der Waals surface area contributed by atoms with E-state index in [0.717, 1.165) is 44.6 Å². The zero-order valence-electron chi connectivity index (χ0n) is 12.0. The lowest BCUT2D eigenvalue weighted by molar-refractivity contribution is 0.0651. The van der Waals surface area contributed by atoms with Gasteiger partial charge < -0.3 is 9.80 Å². The van der Waals surface area contributed by atoms with Crippen molar-refractivity contribution in [1.29, 1.82) is 0 Å². The van der Waals surface area contributed by atoms with Crippen LogP contribution in [-0.4, -0.2) is 64.1 Å². The summed E-state index contributed by atoms with van der Waals surface area (Å²) in [5.41, 5.74) is 0. The Kier molecular flexibility index (Phi) is 4.52. The predicted molar refractivity (Wildman–Crippen MR) is 73.0 cm³/mol. The Bertz CT molecular complexity index is 420. The Morgan fingerprint density at radius 2 is 2.11 bits per heavy atom. The molecule has 0 unspecified atom stereocenters. The van der Waals surface area contributed by atoms with Gasteiger partial charge in [0, 0.05) is 25.6 Å². The minimum absolute atomic E-state index is 0.0455. The smallest absolute Gasteiger partial charge is 0.293 e. The molecular formula is C13H23N5O. The molecule has 0 radical (unpaired) electrons. The van der Waals surface area contributed by atoms with Crippen molar-refractivity contribution in [3.63, 3.8) is 0 Å². The monoisotopic (exact) mass is 265 g/mol. The average molecular weight is 265 g/mol. The van der Waals surface area contributed by atoms with Crippen molar-refractivity contribution in [2.24, 2.45) is 0 Å². The van der Waals surface area contributed by atoms with Crippen molar-refractivity contribution in [1.82, 2.24) is 25.0 Å². The number of carbonyl (C=O) groups excluding carboxylic acids is 1. The van der Waals surface area contributed by atoms with Crippen LogP contribution >= 0.6 is 0 Å². The molecule has 1 amide bonds. The van der Waals surface area contributed by atoms with Crippen LogP contribution in [0.4, 0.5) is 0 Å². The Morgan fingerprint density at radius 3 is 2.68 bits per heavy atom. The second kappa shape index (κ2) is 6.14. The molecule has 0 bridgehead atoms. The second-order valence-electron chi connectivity index (χ2n) is 5.34. The van der Waals surface area contributed by atoms with Crippen LogP contribution in [-0.2, 0) is 6.42 Å². The highest BCUT2D eigenvalue weighted by molar-refractivity contribution is 5.90. The average Bonchev–Trinajstić information content (AvgIpc) is 2.87. The number of aryl methyl sites for hydroxylation is 1. The topological polar surface area (TPSA) is 65.1 Å². The molecule has 0 aliphatic carbocycles. The molecule has 0 spiro atoms. The van der Waals surface area contributed by atoms with Gasteiger partial charge in [0.05, 0.1) is 0 Å². The lowest BCUT2D eigenvalue weighted by atomic mass is 10.0. The van der Waals surface area contributed by atoms with Crippen molar-refractivity contribution >= 4 is 5.91 Å². The first-order valence-electron chi connectivity index (χ1n) is 6.98. The highest BCUT2D eigenvalue weighted by atomic mass is 16.2. The van der Waals surface area contributed by atoms with Crippen molar-refractivity contribution in [3.8, 4) is 0 Å². The van der Waals surface area contributed by atoms with Gasteiger partial charge in [-0.05, 0) is 33.4 Å². The van der Waals surface area contributed by atoms with Gasteiger partial charge in [0.1, 0.15) is 5.82 Å². The maximum Gasteiger partial charge on any atom is 0.293 e. The predicted octanol–water partition coefficient (Wildman–Crippen LogP) is 0.923. The zero-order chi connectivity index (χ0) is 13.8. The normalized spacial score (nSPS) is 17.2. The van der Waals surface area contributed by atoms with E-state index in [1.54, 1.807) is 0 Å². The van der Waals surface area contributed by atoms with E-state index in [2.05, 4.69) is 41.1 Å². The molecule has 0 aromatic carbocycles. The quantitative estimate of drug-likeness (QED) is 0.879. The Morgan fingerprint density at radius 1 is 1.42 bits per heavy atom. The maximum atomic E-state index is 12.3. The number of nitrogens with one attached hydrogen (secondary N) is 1. The molecule has 1 saturated heterocycles. The van der Waals surface area contributed by atoms with Crippen LogP contribution in [0, 0.1) is 0 Å². The Hall–Kier alpha value is -1.43. The molecule has 6 heteroatoms. The highest BCUT2D eigenvalue weighted by Gasteiger charge is 2.26. The number of piperidine rings is 1. The largest absolute Gasteiger partial charge is 0.336 e. The van der Waals surface area contributed by atoms with Crippen molar-refractivity contribution in [2.75, 3.05) is 27.2 Å². The van der Waals surface area contributed by atoms with Gasteiger partial charge in [-0.3, -0.25) is 9.89 Å². The second-order valence-corrected chi connectivity index (χ2v) is 5.34. The van der Waals surface area contributed by atoms with Crippen molar-refractivity contribution < 1.29 is 4.79 Å². The first-order chi connectivity index (χ1) is 9.11. The fourth-order valence-corrected chi connectivity index (χ4v) is 2.47. The van der Waals surface area contributed by atoms with Gasteiger partial charge in [-0.1, -0.05) is 6.92 Å². The van der Waals surface area contributed by atoms with Gasteiger partial charge in [0.25, 0.3) is 5.91 Å². The summed E-state index contributed by atoms with van der Waals surface area (Å²) < 4.78 is 0. The van der Waals surface area contributed by atoms with Crippen molar-refractivity contribution in [2.45, 2.75) is 38.6 Å². The van der Waals surface area contributed by atoms with E-state index in [4.69, 9.17) is 0 Å². The molecule has 106 valence electrons. The van der Waals surface area contributed by atoms with Gasteiger partial charge in [-0.15, -0.1) is 5.10 Å². The summed E-state index contributed by atoms with van der Waals surface area (Å²) in [5, 5.41) is 6.86. The summed E-state index contributed by atoms with van der Waals surface area (Å²) >= 11 is 0. The number of amides is 1. The number of hydrogen-bond donors (Lipinski definition) is 1. The van der Waals surface area contributed by atoms with Crippen LogP contribution in [0.1, 0.15) is 42.6 Å². The van der Waals surface area contributed by atoms with Crippen LogP contribution in [0.3, 0.4) is 0 Å². The third-order valence-electron chi connectivity index (χ3n) is 3.69. The molecule has 1 N–H and O–H groups in total. The number of H-pyrrole nitrogens is 1. The number of hydrogen-bond acceptors (Lipinski definition) is 4. The maximum absolute atomic E-state index is 12.3. The molecular weight excluding hydrogens is 242 g/mol. The molecule has 1 fully saturated rings. The summed E-state index contributed by atoms with van der Waals surface area (Å²) in [5.74, 6) is 1.07. The fraction of sp³-hybridized carbons (Fsp3) is 0.769. The Labute approximate surface area is 114 Å². The molecule has 2 heterocycles. The number of likely N-dealkylation sites (tertiary alicyclic amines) is 1. The van der Waals surface area contributed by atoms with Crippen LogP contribution in [0.2, 0.25) is 0 Å². The molecule has 0 atom stereocenters. The molecule has 1 aliphatic rings. The molecule has 1 aliphatic heterocycles. The zero-order valence-corrected chi connectivity index (χ0v) is 12.0. The number of rotatable bonds is 4.